The maximum atomic E-state index is 11.6. The third-order valence-corrected chi connectivity index (χ3v) is 5.76. The molecule has 0 saturated carbocycles. The smallest absolute Gasteiger partial charge is 0.337 e. The number of rotatable bonds is 6. The molecular formula is C26H28N3O2+. The molecule has 0 atom stereocenters. The van der Waals surface area contributed by atoms with Crippen LogP contribution in [-0.2, 0) is 4.74 Å². The maximum Gasteiger partial charge on any atom is 0.337 e. The molecule has 1 aliphatic rings. The van der Waals surface area contributed by atoms with E-state index in [0.29, 0.717) is 11.6 Å². The Morgan fingerprint density at radius 1 is 0.903 bits per heavy atom. The highest BCUT2D eigenvalue weighted by Gasteiger charge is 2.29. The van der Waals surface area contributed by atoms with Crippen LogP contribution in [0.25, 0.3) is 0 Å². The average molecular weight is 415 g/mol. The standard InChI is InChI=1S/C26H27N3O2/c1-31-26(30)24-14-12-21(13-15-24)20-27-29-18-16-28(17-19-29)25(22-8-4-2-5-9-22)23-10-6-3-7-11-23/h2-15,20,25H,16-19H2,1H3/p+1/b27-20-. The summed E-state index contributed by atoms with van der Waals surface area (Å²) in [5.74, 6) is -0.325. The van der Waals surface area contributed by atoms with Crippen molar-refractivity contribution in [2.24, 2.45) is 5.10 Å². The normalized spacial score (nSPS) is 14.8. The van der Waals surface area contributed by atoms with Crippen molar-refractivity contribution in [2.75, 3.05) is 33.3 Å². The van der Waals surface area contributed by atoms with E-state index in [2.05, 4.69) is 70.8 Å². The summed E-state index contributed by atoms with van der Waals surface area (Å²) >= 11 is 0. The Morgan fingerprint density at radius 3 is 1.97 bits per heavy atom. The molecule has 158 valence electrons. The van der Waals surface area contributed by atoms with Crippen LogP contribution in [-0.4, -0.2) is 50.5 Å². The number of carbonyl (C=O) groups is 1. The minimum absolute atomic E-state index is 0.325. The van der Waals surface area contributed by atoms with Gasteiger partial charge in [-0.3, -0.25) is 5.01 Å². The lowest BCUT2D eigenvalue weighted by molar-refractivity contribution is -0.929. The van der Waals surface area contributed by atoms with Crippen LogP contribution in [0.1, 0.15) is 33.1 Å². The number of benzene rings is 3. The maximum absolute atomic E-state index is 11.6. The van der Waals surface area contributed by atoms with E-state index in [4.69, 9.17) is 4.74 Å². The second-order valence-electron chi connectivity index (χ2n) is 7.72. The predicted molar refractivity (Wildman–Crippen MR) is 122 cm³/mol. The fourth-order valence-electron chi connectivity index (χ4n) is 4.11. The second-order valence-corrected chi connectivity index (χ2v) is 7.72. The fraction of sp³-hybridized carbons (Fsp3) is 0.231. The zero-order valence-electron chi connectivity index (χ0n) is 17.8. The van der Waals surface area contributed by atoms with Gasteiger partial charge in [0.15, 0.2) is 0 Å². The van der Waals surface area contributed by atoms with Crippen LogP contribution in [0.3, 0.4) is 0 Å². The molecule has 4 rings (SSSR count). The molecule has 1 saturated heterocycles. The lowest BCUT2D eigenvalue weighted by Crippen LogP contribution is -3.15. The van der Waals surface area contributed by atoms with Gasteiger partial charge in [0.1, 0.15) is 6.04 Å². The van der Waals surface area contributed by atoms with E-state index in [1.165, 1.54) is 18.2 Å². The summed E-state index contributed by atoms with van der Waals surface area (Å²) in [6, 6.07) is 29.2. The first kappa shape index (κ1) is 20.8. The van der Waals surface area contributed by atoms with Gasteiger partial charge in [-0.05, 0) is 17.7 Å². The highest BCUT2D eigenvalue weighted by atomic mass is 16.5. The molecule has 1 aliphatic heterocycles. The average Bonchev–Trinajstić information content (AvgIpc) is 2.85. The Morgan fingerprint density at radius 2 is 1.45 bits per heavy atom. The number of hydrogen-bond acceptors (Lipinski definition) is 4. The van der Waals surface area contributed by atoms with Crippen molar-refractivity contribution >= 4 is 12.2 Å². The van der Waals surface area contributed by atoms with E-state index in [-0.39, 0.29) is 5.97 Å². The largest absolute Gasteiger partial charge is 0.465 e. The highest BCUT2D eigenvalue weighted by molar-refractivity contribution is 5.90. The molecular weight excluding hydrogens is 386 g/mol. The Labute approximate surface area is 183 Å². The number of quaternary nitrogens is 1. The predicted octanol–water partition coefficient (Wildman–Crippen LogP) is 2.80. The Bertz CT molecular complexity index is 956. The van der Waals surface area contributed by atoms with E-state index < -0.39 is 0 Å². The Kier molecular flexibility index (Phi) is 6.75. The third-order valence-electron chi connectivity index (χ3n) is 5.76. The van der Waals surface area contributed by atoms with Crippen molar-refractivity contribution in [1.82, 2.24) is 5.01 Å². The quantitative estimate of drug-likeness (QED) is 0.498. The first-order valence-corrected chi connectivity index (χ1v) is 10.7. The second kappa shape index (κ2) is 10.0. The van der Waals surface area contributed by atoms with Gasteiger partial charge < -0.3 is 9.64 Å². The van der Waals surface area contributed by atoms with Crippen LogP contribution < -0.4 is 4.90 Å². The summed E-state index contributed by atoms with van der Waals surface area (Å²) in [4.78, 5) is 13.1. The summed E-state index contributed by atoms with van der Waals surface area (Å²) in [6.45, 7) is 3.85. The van der Waals surface area contributed by atoms with Crippen LogP contribution in [0.4, 0.5) is 0 Å². The number of hydrazone groups is 1. The molecule has 5 nitrogen and oxygen atoms in total. The SMILES string of the molecule is COC(=O)c1ccc(/C=N\N2CC[NH+](C(c3ccccc3)c3ccccc3)CC2)cc1. The van der Waals surface area contributed by atoms with E-state index in [1.807, 2.05) is 18.3 Å². The molecule has 0 aromatic heterocycles. The lowest BCUT2D eigenvalue weighted by atomic mass is 9.96. The molecule has 5 heteroatoms. The Balaban J connectivity index is 1.41. The van der Waals surface area contributed by atoms with Crippen molar-refractivity contribution in [3.63, 3.8) is 0 Å². The molecule has 0 aliphatic carbocycles. The topological polar surface area (TPSA) is 46.3 Å². The number of methoxy groups -OCH3 is 1. The molecule has 1 fully saturated rings. The minimum Gasteiger partial charge on any atom is -0.465 e. The summed E-state index contributed by atoms with van der Waals surface area (Å²) < 4.78 is 4.74. The van der Waals surface area contributed by atoms with Gasteiger partial charge in [-0.15, -0.1) is 0 Å². The van der Waals surface area contributed by atoms with Crippen molar-refractivity contribution in [3.8, 4) is 0 Å². The fourth-order valence-corrected chi connectivity index (χ4v) is 4.11. The zero-order valence-corrected chi connectivity index (χ0v) is 17.8. The number of hydrogen-bond donors (Lipinski definition) is 1. The van der Waals surface area contributed by atoms with Gasteiger partial charge in [-0.25, -0.2) is 4.79 Å². The zero-order chi connectivity index (χ0) is 21.5. The molecule has 0 radical (unpaired) electrons. The molecule has 31 heavy (non-hydrogen) atoms. The molecule has 0 bridgehead atoms. The van der Waals surface area contributed by atoms with Crippen molar-refractivity contribution < 1.29 is 14.4 Å². The van der Waals surface area contributed by atoms with E-state index in [1.54, 1.807) is 17.0 Å². The van der Waals surface area contributed by atoms with E-state index >= 15 is 0 Å². The minimum atomic E-state index is -0.325. The molecule has 3 aromatic rings. The van der Waals surface area contributed by atoms with Crippen LogP contribution in [0, 0.1) is 0 Å². The molecule has 3 aromatic carbocycles. The van der Waals surface area contributed by atoms with Crippen molar-refractivity contribution in [2.45, 2.75) is 6.04 Å². The van der Waals surface area contributed by atoms with Crippen LogP contribution in [0.2, 0.25) is 0 Å². The molecule has 1 N–H and O–H groups in total. The van der Waals surface area contributed by atoms with Gasteiger partial charge in [0.05, 0.1) is 45.1 Å². The lowest BCUT2D eigenvalue weighted by Gasteiger charge is -2.35. The Hall–Kier alpha value is -3.44. The number of nitrogens with one attached hydrogen (secondary N) is 1. The summed E-state index contributed by atoms with van der Waals surface area (Å²) in [5.41, 5.74) is 4.22. The van der Waals surface area contributed by atoms with E-state index in [9.17, 15) is 4.79 Å². The summed E-state index contributed by atoms with van der Waals surface area (Å²) in [7, 11) is 1.39. The van der Waals surface area contributed by atoms with E-state index in [0.717, 1.165) is 31.7 Å². The van der Waals surface area contributed by atoms with Gasteiger partial charge in [0, 0.05) is 11.1 Å². The number of esters is 1. The number of nitrogens with zero attached hydrogens (tertiary/aromatic N) is 2. The van der Waals surface area contributed by atoms with Gasteiger partial charge in [-0.2, -0.15) is 5.10 Å². The van der Waals surface area contributed by atoms with Gasteiger partial charge >= 0.3 is 5.97 Å². The highest BCUT2D eigenvalue weighted by Crippen LogP contribution is 2.19. The monoisotopic (exact) mass is 414 g/mol. The molecule has 0 spiro atoms. The van der Waals surface area contributed by atoms with Gasteiger partial charge in [-0.1, -0.05) is 72.8 Å². The van der Waals surface area contributed by atoms with Gasteiger partial charge in [0.2, 0.25) is 0 Å². The summed E-state index contributed by atoms with van der Waals surface area (Å²) in [5, 5.41) is 6.80. The first-order valence-electron chi connectivity index (χ1n) is 10.7. The molecule has 0 unspecified atom stereocenters. The molecule has 1 heterocycles. The van der Waals surface area contributed by atoms with Crippen molar-refractivity contribution in [3.05, 3.63) is 107 Å². The number of ether oxygens (including phenoxy) is 1. The van der Waals surface area contributed by atoms with Crippen LogP contribution >= 0.6 is 0 Å². The molecule has 0 amide bonds. The summed E-state index contributed by atoms with van der Waals surface area (Å²) in [6.07, 6.45) is 1.86. The van der Waals surface area contributed by atoms with Crippen molar-refractivity contribution in [1.29, 1.82) is 0 Å². The van der Waals surface area contributed by atoms with Crippen LogP contribution in [0.5, 0.6) is 0 Å². The first-order chi connectivity index (χ1) is 15.2. The number of carbonyl (C=O) groups excluding carboxylic acids is 1. The number of piperazine rings is 1. The van der Waals surface area contributed by atoms with Gasteiger partial charge in [0.25, 0.3) is 0 Å². The van der Waals surface area contributed by atoms with Crippen LogP contribution in [0.15, 0.2) is 90.0 Å². The third kappa shape index (κ3) is 5.19.